The second kappa shape index (κ2) is 4.17. The molecule has 88 valence electrons. The summed E-state index contributed by atoms with van der Waals surface area (Å²) in [7, 11) is 0. The highest BCUT2D eigenvalue weighted by molar-refractivity contribution is 6.34. The predicted molar refractivity (Wildman–Crippen MR) is 64.8 cm³/mol. The molecule has 0 atom stereocenters. The normalized spacial score (nSPS) is 14.4. The number of ketones is 2. The maximum atomic E-state index is 12.0. The van der Waals surface area contributed by atoms with E-state index >= 15 is 0 Å². The Hall–Kier alpha value is -1.90. The lowest BCUT2D eigenvalue weighted by Gasteiger charge is -2.03. The molecule has 1 aliphatic carbocycles. The highest BCUT2D eigenvalue weighted by Crippen LogP contribution is 2.32. The Morgan fingerprint density at radius 1 is 1.24 bits per heavy atom. The van der Waals surface area contributed by atoms with Crippen molar-refractivity contribution >= 4 is 17.3 Å². The number of hydrogen-bond donors (Lipinski definition) is 1. The molecule has 0 fully saturated rings. The molecule has 1 aliphatic rings. The molecule has 17 heavy (non-hydrogen) atoms. The number of hydrogen-bond acceptors (Lipinski definition) is 3. The van der Waals surface area contributed by atoms with Crippen LogP contribution in [0.3, 0.4) is 0 Å². The summed E-state index contributed by atoms with van der Waals surface area (Å²) in [6, 6.07) is 6.74. The van der Waals surface area contributed by atoms with Gasteiger partial charge in [0.25, 0.3) is 0 Å². The summed E-state index contributed by atoms with van der Waals surface area (Å²) in [5.74, 6) is -0.641. The van der Waals surface area contributed by atoms with E-state index < -0.39 is 0 Å². The van der Waals surface area contributed by atoms with Gasteiger partial charge in [0.15, 0.2) is 5.78 Å². The third-order valence-corrected chi connectivity index (χ3v) is 2.76. The van der Waals surface area contributed by atoms with Gasteiger partial charge >= 0.3 is 0 Å². The zero-order valence-corrected chi connectivity index (χ0v) is 9.86. The van der Waals surface area contributed by atoms with Crippen molar-refractivity contribution in [1.82, 2.24) is 0 Å². The first-order valence-corrected chi connectivity index (χ1v) is 5.63. The molecule has 2 rings (SSSR count). The first-order chi connectivity index (χ1) is 8.02. The van der Waals surface area contributed by atoms with Crippen molar-refractivity contribution in [1.29, 1.82) is 0 Å². The van der Waals surface area contributed by atoms with Crippen LogP contribution < -0.4 is 0 Å². The number of fused-ring (bicyclic) bond motifs is 1. The van der Waals surface area contributed by atoms with Crippen molar-refractivity contribution in [2.24, 2.45) is 5.92 Å². The van der Waals surface area contributed by atoms with Crippen LogP contribution in [-0.4, -0.2) is 16.7 Å². The lowest BCUT2D eigenvalue weighted by Crippen LogP contribution is -2.12. The number of Topliss-reactive ketones (excluding diaryl/α,β-unsaturated/α-hetero) is 2. The number of allylic oxidation sites excluding steroid dienone is 1. The van der Waals surface area contributed by atoms with E-state index in [9.17, 15) is 14.7 Å². The number of benzene rings is 1. The van der Waals surface area contributed by atoms with Crippen molar-refractivity contribution in [3.05, 3.63) is 41.0 Å². The molecule has 0 radical (unpaired) electrons. The lowest BCUT2D eigenvalue weighted by atomic mass is 9.99. The van der Waals surface area contributed by atoms with Gasteiger partial charge in [0, 0.05) is 17.5 Å². The summed E-state index contributed by atoms with van der Waals surface area (Å²) in [4.78, 5) is 23.9. The van der Waals surface area contributed by atoms with E-state index in [1.807, 2.05) is 13.8 Å². The van der Waals surface area contributed by atoms with E-state index in [2.05, 4.69) is 0 Å². The Bertz CT molecular complexity index is 524. The monoisotopic (exact) mass is 230 g/mol. The molecule has 0 aromatic heterocycles. The van der Waals surface area contributed by atoms with E-state index in [4.69, 9.17) is 0 Å². The van der Waals surface area contributed by atoms with Crippen LogP contribution in [0.4, 0.5) is 0 Å². The van der Waals surface area contributed by atoms with Crippen molar-refractivity contribution in [2.45, 2.75) is 20.3 Å². The maximum Gasteiger partial charge on any atom is 0.201 e. The van der Waals surface area contributed by atoms with Crippen LogP contribution in [0.2, 0.25) is 0 Å². The third-order valence-electron chi connectivity index (χ3n) is 2.76. The standard InChI is InChI=1S/C14H14O3/c1-8(2)7-11(15)12-13(16)9-5-3-4-6-10(9)14(12)17/h3-6,8,16H,7H2,1-2H3. The van der Waals surface area contributed by atoms with Gasteiger partial charge in [-0.05, 0) is 5.92 Å². The minimum absolute atomic E-state index is 0.0556. The zero-order valence-electron chi connectivity index (χ0n) is 9.86. The number of aliphatic hydroxyl groups excluding tert-OH is 1. The average Bonchev–Trinajstić information content (AvgIpc) is 2.51. The summed E-state index contributed by atoms with van der Waals surface area (Å²) in [6.45, 7) is 3.81. The van der Waals surface area contributed by atoms with Gasteiger partial charge in [-0.3, -0.25) is 9.59 Å². The summed E-state index contributed by atoms with van der Waals surface area (Å²) in [6.07, 6.45) is 0.277. The minimum Gasteiger partial charge on any atom is -0.506 e. The van der Waals surface area contributed by atoms with Gasteiger partial charge in [-0.25, -0.2) is 0 Å². The van der Waals surface area contributed by atoms with E-state index in [1.165, 1.54) is 0 Å². The highest BCUT2D eigenvalue weighted by atomic mass is 16.3. The smallest absolute Gasteiger partial charge is 0.201 e. The molecule has 0 saturated carbocycles. The fourth-order valence-electron chi connectivity index (χ4n) is 2.00. The van der Waals surface area contributed by atoms with Gasteiger partial charge in [-0.1, -0.05) is 38.1 Å². The number of rotatable bonds is 3. The average molecular weight is 230 g/mol. The first kappa shape index (κ1) is 11.6. The lowest BCUT2D eigenvalue weighted by molar-refractivity contribution is -0.115. The van der Waals surface area contributed by atoms with Crippen LogP contribution in [0.1, 0.15) is 36.2 Å². The Labute approximate surface area is 99.8 Å². The van der Waals surface area contributed by atoms with Gasteiger partial charge in [0.1, 0.15) is 11.3 Å². The zero-order chi connectivity index (χ0) is 12.6. The predicted octanol–water partition coefficient (Wildman–Crippen LogP) is 2.77. The summed E-state index contributed by atoms with van der Waals surface area (Å²) in [5.41, 5.74) is 0.821. The van der Waals surface area contributed by atoms with E-state index in [-0.39, 0.29) is 35.2 Å². The van der Waals surface area contributed by atoms with Gasteiger partial charge in [0.05, 0.1) is 0 Å². The first-order valence-electron chi connectivity index (χ1n) is 5.63. The maximum absolute atomic E-state index is 12.0. The molecule has 0 bridgehead atoms. The van der Waals surface area contributed by atoms with Gasteiger partial charge in [-0.2, -0.15) is 0 Å². The Balaban J connectivity index is 2.42. The fourth-order valence-corrected chi connectivity index (χ4v) is 2.00. The molecule has 1 aromatic carbocycles. The molecule has 0 spiro atoms. The van der Waals surface area contributed by atoms with Crippen molar-refractivity contribution < 1.29 is 14.7 Å². The molecule has 0 heterocycles. The van der Waals surface area contributed by atoms with Crippen LogP contribution in [0, 0.1) is 5.92 Å². The van der Waals surface area contributed by atoms with E-state index in [1.54, 1.807) is 24.3 Å². The molecular formula is C14H14O3. The molecule has 0 aliphatic heterocycles. The Morgan fingerprint density at radius 2 is 1.82 bits per heavy atom. The number of carbonyl (C=O) groups excluding carboxylic acids is 2. The summed E-state index contributed by atoms with van der Waals surface area (Å²) < 4.78 is 0. The van der Waals surface area contributed by atoms with Crippen molar-refractivity contribution in [2.75, 3.05) is 0 Å². The van der Waals surface area contributed by atoms with Crippen LogP contribution >= 0.6 is 0 Å². The number of carbonyl (C=O) groups is 2. The van der Waals surface area contributed by atoms with Crippen LogP contribution in [0.15, 0.2) is 29.8 Å². The van der Waals surface area contributed by atoms with Crippen molar-refractivity contribution in [3.8, 4) is 0 Å². The van der Waals surface area contributed by atoms with Gasteiger partial charge in [0.2, 0.25) is 5.78 Å². The molecule has 1 N–H and O–H groups in total. The highest BCUT2D eigenvalue weighted by Gasteiger charge is 2.33. The van der Waals surface area contributed by atoms with Gasteiger partial charge in [-0.15, -0.1) is 0 Å². The SMILES string of the molecule is CC(C)CC(=O)C1=C(O)c2ccccc2C1=O. The third kappa shape index (κ3) is 1.88. The largest absolute Gasteiger partial charge is 0.506 e. The summed E-state index contributed by atoms with van der Waals surface area (Å²) >= 11 is 0. The topological polar surface area (TPSA) is 54.4 Å². The van der Waals surface area contributed by atoms with Crippen LogP contribution in [-0.2, 0) is 4.79 Å². The van der Waals surface area contributed by atoms with E-state index in [0.717, 1.165) is 0 Å². The molecule has 0 saturated heterocycles. The minimum atomic E-state index is -0.358. The Morgan fingerprint density at radius 3 is 2.35 bits per heavy atom. The molecular weight excluding hydrogens is 216 g/mol. The molecule has 1 aromatic rings. The molecule has 0 amide bonds. The van der Waals surface area contributed by atoms with Crippen LogP contribution in [0.25, 0.3) is 5.76 Å². The Kier molecular flexibility index (Phi) is 2.84. The fraction of sp³-hybridized carbons (Fsp3) is 0.286. The molecule has 3 heteroatoms. The quantitative estimate of drug-likeness (QED) is 0.812. The number of aliphatic hydroxyl groups is 1. The molecule has 0 unspecified atom stereocenters. The van der Waals surface area contributed by atoms with Crippen molar-refractivity contribution in [3.63, 3.8) is 0 Å². The second-order valence-corrected chi connectivity index (χ2v) is 4.62. The molecule has 3 nitrogen and oxygen atoms in total. The van der Waals surface area contributed by atoms with Crippen LogP contribution in [0.5, 0.6) is 0 Å². The van der Waals surface area contributed by atoms with E-state index in [0.29, 0.717) is 11.1 Å². The summed E-state index contributed by atoms with van der Waals surface area (Å²) in [5, 5.41) is 9.93. The van der Waals surface area contributed by atoms with Gasteiger partial charge < -0.3 is 5.11 Å². The second-order valence-electron chi connectivity index (χ2n) is 4.62.